The van der Waals surface area contributed by atoms with Gasteiger partial charge in [-0.25, -0.2) is 4.39 Å². The SMILES string of the molecule is CC(=O)Oc1ccc(C(Cl)Cl)cc1F. The van der Waals surface area contributed by atoms with Crippen molar-refractivity contribution in [2.24, 2.45) is 0 Å². The van der Waals surface area contributed by atoms with Gasteiger partial charge in [0, 0.05) is 6.92 Å². The number of ether oxygens (including phenoxy) is 1. The van der Waals surface area contributed by atoms with Crippen LogP contribution in [0.25, 0.3) is 0 Å². The molecule has 1 rings (SSSR count). The van der Waals surface area contributed by atoms with Gasteiger partial charge in [0.05, 0.1) is 0 Å². The molecular weight excluding hydrogens is 230 g/mol. The Bertz CT molecular complexity index is 353. The number of alkyl halides is 2. The molecule has 0 atom stereocenters. The Morgan fingerprint density at radius 1 is 1.50 bits per heavy atom. The van der Waals surface area contributed by atoms with Gasteiger partial charge < -0.3 is 4.74 Å². The molecule has 0 fully saturated rings. The Labute approximate surface area is 90.6 Å². The monoisotopic (exact) mass is 236 g/mol. The lowest BCUT2D eigenvalue weighted by atomic mass is 10.2. The summed E-state index contributed by atoms with van der Waals surface area (Å²) in [4.78, 5) is 9.75. The summed E-state index contributed by atoms with van der Waals surface area (Å²) in [5, 5.41) is 0. The van der Waals surface area contributed by atoms with Crippen molar-refractivity contribution < 1.29 is 13.9 Å². The van der Waals surface area contributed by atoms with E-state index in [4.69, 9.17) is 23.2 Å². The summed E-state index contributed by atoms with van der Waals surface area (Å²) in [6, 6.07) is 3.93. The number of halogens is 3. The first-order valence-corrected chi connectivity index (χ1v) is 4.64. The molecule has 1 aromatic carbocycles. The maximum atomic E-state index is 13.2. The minimum Gasteiger partial charge on any atom is -0.424 e. The average molecular weight is 237 g/mol. The van der Waals surface area contributed by atoms with E-state index in [1.165, 1.54) is 19.1 Å². The molecule has 1 aromatic rings. The lowest BCUT2D eigenvalue weighted by molar-refractivity contribution is -0.132. The van der Waals surface area contributed by atoms with Crippen LogP contribution in [-0.2, 0) is 4.79 Å². The molecule has 5 heteroatoms. The highest BCUT2D eigenvalue weighted by atomic mass is 35.5. The van der Waals surface area contributed by atoms with Gasteiger partial charge in [0.15, 0.2) is 11.6 Å². The summed E-state index contributed by atoms with van der Waals surface area (Å²) in [5.74, 6) is -1.37. The van der Waals surface area contributed by atoms with Gasteiger partial charge in [-0.2, -0.15) is 0 Å². The standard InChI is InChI=1S/C9H7Cl2FO2/c1-5(13)14-8-3-2-6(9(10)11)4-7(8)12/h2-4,9H,1H3. The van der Waals surface area contributed by atoms with E-state index in [0.717, 1.165) is 6.07 Å². The lowest BCUT2D eigenvalue weighted by Crippen LogP contribution is -2.03. The van der Waals surface area contributed by atoms with Crippen LogP contribution in [0.2, 0.25) is 0 Å². The normalized spacial score (nSPS) is 10.4. The van der Waals surface area contributed by atoms with Gasteiger partial charge >= 0.3 is 5.97 Å². The summed E-state index contributed by atoms with van der Waals surface area (Å²) in [6.07, 6.45) is 0. The molecule has 0 bridgehead atoms. The van der Waals surface area contributed by atoms with Gasteiger partial charge in [0.25, 0.3) is 0 Å². The molecule has 0 amide bonds. The molecule has 2 nitrogen and oxygen atoms in total. The van der Waals surface area contributed by atoms with Crippen LogP contribution in [0.5, 0.6) is 5.75 Å². The van der Waals surface area contributed by atoms with Crippen LogP contribution in [0.1, 0.15) is 17.3 Å². The molecule has 0 spiro atoms. The van der Waals surface area contributed by atoms with Crippen LogP contribution in [0.15, 0.2) is 18.2 Å². The van der Waals surface area contributed by atoms with Crippen molar-refractivity contribution in [1.82, 2.24) is 0 Å². The summed E-state index contributed by atoms with van der Waals surface area (Å²) in [6.45, 7) is 1.19. The van der Waals surface area contributed by atoms with Crippen LogP contribution in [-0.4, -0.2) is 5.97 Å². The van der Waals surface area contributed by atoms with Crippen LogP contribution >= 0.6 is 23.2 Å². The number of hydrogen-bond donors (Lipinski definition) is 0. The van der Waals surface area contributed by atoms with Gasteiger partial charge in [-0.05, 0) is 17.7 Å². The molecule has 0 radical (unpaired) electrons. The van der Waals surface area contributed by atoms with Crippen molar-refractivity contribution in [2.45, 2.75) is 11.8 Å². The van der Waals surface area contributed by atoms with Gasteiger partial charge in [-0.1, -0.05) is 6.07 Å². The fourth-order valence-corrected chi connectivity index (χ4v) is 1.16. The van der Waals surface area contributed by atoms with Crippen molar-refractivity contribution in [3.8, 4) is 5.75 Å². The molecular formula is C9H7Cl2FO2. The largest absolute Gasteiger partial charge is 0.424 e. The average Bonchev–Trinajstić information content (AvgIpc) is 2.07. The fraction of sp³-hybridized carbons (Fsp3) is 0.222. The van der Waals surface area contributed by atoms with Crippen LogP contribution in [0, 0.1) is 5.82 Å². The zero-order valence-electron chi connectivity index (χ0n) is 7.26. The van der Waals surface area contributed by atoms with E-state index < -0.39 is 16.6 Å². The third-order valence-corrected chi connectivity index (χ3v) is 1.97. The van der Waals surface area contributed by atoms with E-state index in [2.05, 4.69) is 4.74 Å². The molecule has 0 aliphatic rings. The summed E-state index contributed by atoms with van der Waals surface area (Å²) in [7, 11) is 0. The van der Waals surface area contributed by atoms with E-state index in [9.17, 15) is 9.18 Å². The Morgan fingerprint density at radius 3 is 2.57 bits per heavy atom. The van der Waals surface area contributed by atoms with Gasteiger partial charge in [-0.3, -0.25) is 4.79 Å². The molecule has 0 N–H and O–H groups in total. The molecule has 0 heterocycles. The molecule has 0 aliphatic carbocycles. The smallest absolute Gasteiger partial charge is 0.308 e. The molecule has 14 heavy (non-hydrogen) atoms. The van der Waals surface area contributed by atoms with Crippen LogP contribution in [0.3, 0.4) is 0 Å². The number of carbonyl (C=O) groups is 1. The highest BCUT2D eigenvalue weighted by Crippen LogP contribution is 2.28. The van der Waals surface area contributed by atoms with Crippen molar-refractivity contribution in [2.75, 3.05) is 0 Å². The van der Waals surface area contributed by atoms with E-state index in [-0.39, 0.29) is 5.75 Å². The highest BCUT2D eigenvalue weighted by Gasteiger charge is 2.10. The maximum Gasteiger partial charge on any atom is 0.308 e. The van der Waals surface area contributed by atoms with Crippen molar-refractivity contribution in [1.29, 1.82) is 0 Å². The van der Waals surface area contributed by atoms with E-state index in [0.29, 0.717) is 5.56 Å². The summed E-state index contributed by atoms with van der Waals surface area (Å²) < 4.78 is 17.8. The predicted octanol–water partition coefficient (Wildman–Crippen LogP) is 3.23. The molecule has 0 saturated heterocycles. The molecule has 76 valence electrons. The third kappa shape index (κ3) is 2.86. The topological polar surface area (TPSA) is 26.3 Å². The number of benzene rings is 1. The zero-order chi connectivity index (χ0) is 10.7. The highest BCUT2D eigenvalue weighted by molar-refractivity contribution is 6.44. The van der Waals surface area contributed by atoms with Crippen LogP contribution < -0.4 is 4.74 Å². The van der Waals surface area contributed by atoms with E-state index in [1.54, 1.807) is 0 Å². The van der Waals surface area contributed by atoms with Crippen molar-refractivity contribution in [3.63, 3.8) is 0 Å². The van der Waals surface area contributed by atoms with E-state index >= 15 is 0 Å². The quantitative estimate of drug-likeness (QED) is 0.448. The van der Waals surface area contributed by atoms with E-state index in [1.807, 2.05) is 0 Å². The Kier molecular flexibility index (Phi) is 3.72. The first kappa shape index (κ1) is 11.3. The lowest BCUT2D eigenvalue weighted by Gasteiger charge is -2.05. The van der Waals surface area contributed by atoms with Gasteiger partial charge in [0.1, 0.15) is 4.84 Å². The van der Waals surface area contributed by atoms with Gasteiger partial charge in [0.2, 0.25) is 0 Å². The first-order chi connectivity index (χ1) is 6.50. The molecule has 0 saturated carbocycles. The molecule has 0 aromatic heterocycles. The van der Waals surface area contributed by atoms with Crippen molar-refractivity contribution >= 4 is 29.2 Å². The maximum absolute atomic E-state index is 13.2. The minimum atomic E-state index is -0.795. The predicted molar refractivity (Wildman–Crippen MR) is 52.2 cm³/mol. The third-order valence-electron chi connectivity index (χ3n) is 1.46. The molecule has 0 aliphatic heterocycles. The summed E-state index contributed by atoms with van der Waals surface area (Å²) >= 11 is 11.0. The number of carbonyl (C=O) groups excluding carboxylic acids is 1. The second-order valence-electron chi connectivity index (χ2n) is 2.58. The summed E-state index contributed by atoms with van der Waals surface area (Å²) in [5.41, 5.74) is 0.418. The second-order valence-corrected chi connectivity index (χ2v) is 3.68. The fourth-order valence-electron chi connectivity index (χ4n) is 0.890. The minimum absolute atomic E-state index is 0.129. The van der Waals surface area contributed by atoms with Crippen molar-refractivity contribution in [3.05, 3.63) is 29.6 Å². The first-order valence-electron chi connectivity index (χ1n) is 3.76. The number of hydrogen-bond acceptors (Lipinski definition) is 2. The Morgan fingerprint density at radius 2 is 2.14 bits per heavy atom. The number of esters is 1. The second kappa shape index (κ2) is 4.62. The zero-order valence-corrected chi connectivity index (χ0v) is 8.77. The van der Waals surface area contributed by atoms with Gasteiger partial charge in [-0.15, -0.1) is 23.2 Å². The number of rotatable bonds is 2. The van der Waals surface area contributed by atoms with Crippen LogP contribution in [0.4, 0.5) is 4.39 Å². The Hall–Kier alpha value is -0.800. The molecule has 0 unspecified atom stereocenters. The Balaban J connectivity index is 2.95.